The fourth-order valence-corrected chi connectivity index (χ4v) is 4.44. The molecule has 3 atom stereocenters. The number of carbonyl (C=O) groups is 2. The van der Waals surface area contributed by atoms with Crippen LogP contribution in [0, 0.1) is 16.0 Å². The molecular weight excluding hydrogens is 564 g/mol. The molecule has 1 aromatic heterocycles. The Bertz CT molecular complexity index is 1210. The molecule has 0 saturated carbocycles. The molecule has 2 heterocycles. The molecule has 0 radical (unpaired) electrons. The molecule has 0 fully saturated rings. The normalized spacial score (nSPS) is 17.8. The summed E-state index contributed by atoms with van der Waals surface area (Å²) in [5.41, 5.74) is 1.14. The van der Waals surface area contributed by atoms with Gasteiger partial charge in [-0.25, -0.2) is 9.78 Å². The number of nitrogens with one attached hydrogen (secondary N) is 2. The van der Waals surface area contributed by atoms with E-state index in [9.17, 15) is 19.7 Å². The second-order valence-corrected chi connectivity index (χ2v) is 9.35. The number of aliphatic hydroxyl groups excluding tert-OH is 1. The van der Waals surface area contributed by atoms with E-state index in [1.165, 1.54) is 19.2 Å². The lowest BCUT2D eigenvalue weighted by atomic mass is 9.81. The van der Waals surface area contributed by atoms with E-state index in [-0.39, 0.29) is 43.0 Å². The highest BCUT2D eigenvalue weighted by Gasteiger charge is 2.38. The number of amides is 1. The fraction of sp³-hybridized carbons (Fsp3) is 0.483. The summed E-state index contributed by atoms with van der Waals surface area (Å²) in [6, 6.07) is 9.80. The standard InChI is InChI=1S/C29H38N4O10/c1-3-42-29-23(10-14-40-16-17-41-15-13-34)24(20-4-6-21(7-5-20)28(36)39-2)18-25(43-29)27(35)31-12-11-30-26-9-8-22(19-32-26)33(37)38/h4-9,18-19,23-24,29,34H,3,10-17H2,1-2H3,(H,30,32)(H,31,35)/t23-,24-,29-/m1/s1. The van der Waals surface area contributed by atoms with Crippen LogP contribution >= 0.6 is 0 Å². The van der Waals surface area contributed by atoms with Crippen LogP contribution in [0.25, 0.3) is 0 Å². The van der Waals surface area contributed by atoms with Crippen LogP contribution in [0.15, 0.2) is 54.4 Å². The summed E-state index contributed by atoms with van der Waals surface area (Å²) in [5.74, 6) is -0.862. The number of aliphatic hydroxyl groups is 1. The molecule has 3 rings (SSSR count). The van der Waals surface area contributed by atoms with Crippen molar-refractivity contribution in [1.82, 2.24) is 10.3 Å². The lowest BCUT2D eigenvalue weighted by molar-refractivity contribution is -0.385. The van der Waals surface area contributed by atoms with Gasteiger partial charge in [0.1, 0.15) is 12.0 Å². The molecule has 0 aliphatic carbocycles. The maximum absolute atomic E-state index is 13.1. The smallest absolute Gasteiger partial charge is 0.337 e. The molecule has 234 valence electrons. The van der Waals surface area contributed by atoms with E-state index in [0.717, 1.165) is 11.8 Å². The minimum absolute atomic E-state index is 0.0539. The van der Waals surface area contributed by atoms with Gasteiger partial charge in [-0.2, -0.15) is 0 Å². The molecule has 0 unspecified atom stereocenters. The Hall–Kier alpha value is -4.11. The molecule has 14 heteroatoms. The lowest BCUT2D eigenvalue weighted by Gasteiger charge is -2.37. The third-order valence-corrected chi connectivity index (χ3v) is 6.53. The van der Waals surface area contributed by atoms with Crippen molar-refractivity contribution in [2.75, 3.05) is 65.2 Å². The molecule has 14 nitrogen and oxygen atoms in total. The Morgan fingerprint density at radius 2 is 1.81 bits per heavy atom. The summed E-state index contributed by atoms with van der Waals surface area (Å²) in [4.78, 5) is 39.4. The summed E-state index contributed by atoms with van der Waals surface area (Å²) < 4.78 is 27.7. The van der Waals surface area contributed by atoms with Gasteiger partial charge >= 0.3 is 5.97 Å². The van der Waals surface area contributed by atoms with Gasteiger partial charge < -0.3 is 39.4 Å². The van der Waals surface area contributed by atoms with Crippen LogP contribution in [-0.4, -0.2) is 93.0 Å². The number of nitrogens with zero attached hydrogens (tertiary/aromatic N) is 2. The van der Waals surface area contributed by atoms with E-state index >= 15 is 0 Å². The Labute approximate surface area is 249 Å². The summed E-state index contributed by atoms with van der Waals surface area (Å²) in [5, 5.41) is 25.4. The van der Waals surface area contributed by atoms with Crippen LogP contribution in [0.2, 0.25) is 0 Å². The first kappa shape index (κ1) is 33.4. The van der Waals surface area contributed by atoms with Crippen LogP contribution in [0.1, 0.15) is 35.2 Å². The number of allylic oxidation sites excluding steroid dienone is 1. The van der Waals surface area contributed by atoms with Gasteiger partial charge in [0.15, 0.2) is 5.76 Å². The number of nitro groups is 1. The van der Waals surface area contributed by atoms with Crippen molar-refractivity contribution >= 4 is 23.4 Å². The predicted molar refractivity (Wildman–Crippen MR) is 154 cm³/mol. The third kappa shape index (κ3) is 10.3. The summed E-state index contributed by atoms with van der Waals surface area (Å²) in [6.07, 6.45) is 2.71. The predicted octanol–water partition coefficient (Wildman–Crippen LogP) is 2.40. The number of ether oxygens (including phenoxy) is 5. The second-order valence-electron chi connectivity index (χ2n) is 9.35. The van der Waals surface area contributed by atoms with E-state index in [0.29, 0.717) is 50.8 Å². The number of carbonyl (C=O) groups excluding carboxylic acids is 2. The molecule has 1 aliphatic heterocycles. The summed E-state index contributed by atoms with van der Waals surface area (Å²) >= 11 is 0. The van der Waals surface area contributed by atoms with Gasteiger partial charge in [-0.1, -0.05) is 12.1 Å². The Morgan fingerprint density at radius 3 is 2.44 bits per heavy atom. The Kier molecular flexibility index (Phi) is 13.8. The fourth-order valence-electron chi connectivity index (χ4n) is 4.44. The van der Waals surface area contributed by atoms with Crippen molar-refractivity contribution in [1.29, 1.82) is 0 Å². The molecule has 0 saturated heterocycles. The van der Waals surface area contributed by atoms with Crippen molar-refractivity contribution in [3.05, 3.63) is 75.7 Å². The van der Waals surface area contributed by atoms with Gasteiger partial charge in [0, 0.05) is 44.2 Å². The first-order valence-corrected chi connectivity index (χ1v) is 13.9. The van der Waals surface area contributed by atoms with E-state index in [2.05, 4.69) is 15.6 Å². The average molecular weight is 603 g/mol. The zero-order valence-corrected chi connectivity index (χ0v) is 24.2. The quantitative estimate of drug-likeness (QED) is 0.0983. The average Bonchev–Trinajstić information content (AvgIpc) is 3.03. The number of hydrogen-bond acceptors (Lipinski definition) is 12. The third-order valence-electron chi connectivity index (χ3n) is 6.53. The van der Waals surface area contributed by atoms with Gasteiger partial charge in [0.2, 0.25) is 6.29 Å². The molecule has 0 bridgehead atoms. The van der Waals surface area contributed by atoms with Gasteiger partial charge in [-0.3, -0.25) is 14.9 Å². The van der Waals surface area contributed by atoms with Gasteiger partial charge in [-0.05, 0) is 43.2 Å². The first-order chi connectivity index (χ1) is 20.9. The van der Waals surface area contributed by atoms with E-state index in [4.69, 9.17) is 28.8 Å². The SMILES string of the molecule is CCO[C@@H]1OC(C(=O)NCCNc2ccc([N+](=O)[O-])cn2)=C[C@H](c2ccc(C(=O)OC)cc2)[C@H]1CCOCCOCCO. The molecule has 1 aromatic carbocycles. The highest BCUT2D eigenvalue weighted by atomic mass is 16.7. The molecule has 2 aromatic rings. The number of benzene rings is 1. The number of esters is 1. The van der Waals surface area contributed by atoms with E-state index in [1.54, 1.807) is 18.2 Å². The highest BCUT2D eigenvalue weighted by Crippen LogP contribution is 2.39. The minimum Gasteiger partial charge on any atom is -0.465 e. The largest absolute Gasteiger partial charge is 0.465 e. The van der Waals surface area contributed by atoms with Crippen LogP contribution in [0.3, 0.4) is 0 Å². The maximum Gasteiger partial charge on any atom is 0.337 e. The van der Waals surface area contributed by atoms with Gasteiger partial charge in [-0.15, -0.1) is 0 Å². The molecule has 43 heavy (non-hydrogen) atoms. The zero-order valence-electron chi connectivity index (χ0n) is 24.2. The van der Waals surface area contributed by atoms with E-state index < -0.39 is 23.1 Å². The van der Waals surface area contributed by atoms with Gasteiger partial charge in [0.25, 0.3) is 11.6 Å². The first-order valence-electron chi connectivity index (χ1n) is 13.9. The Morgan fingerprint density at radius 1 is 1.07 bits per heavy atom. The summed E-state index contributed by atoms with van der Waals surface area (Å²) in [7, 11) is 1.32. The number of anilines is 1. The number of rotatable bonds is 18. The monoisotopic (exact) mass is 602 g/mol. The topological polar surface area (TPSA) is 181 Å². The van der Waals surface area contributed by atoms with Gasteiger partial charge in [0.05, 0.1) is 44.0 Å². The van der Waals surface area contributed by atoms with Crippen molar-refractivity contribution in [3.8, 4) is 0 Å². The van der Waals surface area contributed by atoms with Crippen LogP contribution in [0.5, 0.6) is 0 Å². The lowest BCUT2D eigenvalue weighted by Crippen LogP contribution is -2.40. The molecule has 1 aliphatic rings. The van der Waals surface area contributed by atoms with Crippen LogP contribution in [-0.2, 0) is 28.5 Å². The minimum atomic E-state index is -0.738. The van der Waals surface area contributed by atoms with Crippen molar-refractivity contribution in [2.24, 2.45) is 5.92 Å². The Balaban J connectivity index is 1.70. The maximum atomic E-state index is 13.1. The number of pyridine rings is 1. The second kappa shape index (κ2) is 17.8. The highest BCUT2D eigenvalue weighted by molar-refractivity contribution is 5.92. The zero-order chi connectivity index (χ0) is 31.0. The number of aromatic nitrogens is 1. The number of methoxy groups -OCH3 is 1. The summed E-state index contributed by atoms with van der Waals surface area (Å²) in [6.45, 7) is 4.03. The molecule has 3 N–H and O–H groups in total. The molecular formula is C29H38N4O10. The van der Waals surface area contributed by atoms with Crippen LogP contribution < -0.4 is 10.6 Å². The van der Waals surface area contributed by atoms with Crippen molar-refractivity contribution in [2.45, 2.75) is 25.6 Å². The molecule has 1 amide bonds. The van der Waals surface area contributed by atoms with Crippen molar-refractivity contribution in [3.63, 3.8) is 0 Å². The molecule has 0 spiro atoms. The van der Waals surface area contributed by atoms with E-state index in [1.807, 2.05) is 19.1 Å². The number of hydrogen-bond donors (Lipinski definition) is 3. The van der Waals surface area contributed by atoms with Crippen molar-refractivity contribution < 1.29 is 43.3 Å². The van der Waals surface area contributed by atoms with Crippen LogP contribution in [0.4, 0.5) is 11.5 Å².